The van der Waals surface area contributed by atoms with Crippen molar-refractivity contribution in [1.29, 1.82) is 5.26 Å². The Kier molecular flexibility index (Phi) is 4.63. The summed E-state index contributed by atoms with van der Waals surface area (Å²) in [5.41, 5.74) is 4.06. The molecule has 6 nitrogen and oxygen atoms in total. The molecule has 0 saturated heterocycles. The highest BCUT2D eigenvalue weighted by Crippen LogP contribution is 2.14. The van der Waals surface area contributed by atoms with Crippen LogP contribution in [0.25, 0.3) is 0 Å². The lowest BCUT2D eigenvalue weighted by Gasteiger charge is -2.10. The predicted octanol–water partition coefficient (Wildman–Crippen LogP) is 0.474. The number of hydrogen-bond acceptors (Lipinski definition) is 4. The van der Waals surface area contributed by atoms with Crippen LogP contribution < -0.4 is 11.0 Å². The van der Waals surface area contributed by atoms with Crippen molar-refractivity contribution in [2.45, 2.75) is 26.7 Å². The van der Waals surface area contributed by atoms with E-state index >= 15 is 0 Å². The topological polar surface area (TPSA) is 95.0 Å². The van der Waals surface area contributed by atoms with Gasteiger partial charge in [0, 0.05) is 12.1 Å². The maximum Gasteiger partial charge on any atom is 0.266 e. The number of nitrogens with zero attached hydrogens (tertiary/aromatic N) is 1. The minimum Gasteiger partial charge on any atom is -0.325 e. The van der Waals surface area contributed by atoms with E-state index in [1.165, 1.54) is 7.11 Å². The van der Waals surface area contributed by atoms with Crippen LogP contribution in [0.4, 0.5) is 0 Å². The Bertz CT molecular complexity index is 555. The Labute approximate surface area is 105 Å². The van der Waals surface area contributed by atoms with E-state index in [1.807, 2.05) is 6.07 Å². The Hall–Kier alpha value is -2.13. The average molecular weight is 249 g/mol. The second-order valence-corrected chi connectivity index (χ2v) is 3.90. The second-order valence-electron chi connectivity index (χ2n) is 3.90. The molecule has 1 rings (SSSR count). The first-order chi connectivity index (χ1) is 8.51. The largest absolute Gasteiger partial charge is 0.325 e. The zero-order valence-corrected chi connectivity index (χ0v) is 10.6. The van der Waals surface area contributed by atoms with Crippen molar-refractivity contribution in [1.82, 2.24) is 10.5 Å². The van der Waals surface area contributed by atoms with Crippen molar-refractivity contribution >= 4 is 5.91 Å². The van der Waals surface area contributed by atoms with Gasteiger partial charge in [0.2, 0.25) is 5.91 Å². The molecule has 6 heteroatoms. The molecule has 0 aliphatic rings. The van der Waals surface area contributed by atoms with Crippen molar-refractivity contribution in [2.24, 2.45) is 0 Å². The third-order valence-electron chi connectivity index (χ3n) is 2.74. The van der Waals surface area contributed by atoms with E-state index in [0.29, 0.717) is 17.7 Å². The van der Waals surface area contributed by atoms with E-state index in [0.717, 1.165) is 5.56 Å². The fraction of sp³-hybridized carbons (Fsp3) is 0.417. The molecule has 0 aliphatic heterocycles. The van der Waals surface area contributed by atoms with E-state index in [-0.39, 0.29) is 17.9 Å². The van der Waals surface area contributed by atoms with Gasteiger partial charge in [-0.2, -0.15) is 5.26 Å². The summed E-state index contributed by atoms with van der Waals surface area (Å²) in [4.78, 5) is 29.9. The highest BCUT2D eigenvalue weighted by atomic mass is 16.6. The number of carbonyl (C=O) groups excluding carboxylic acids is 1. The summed E-state index contributed by atoms with van der Waals surface area (Å²) in [5.74, 6) is -0.249. The van der Waals surface area contributed by atoms with Crippen LogP contribution in [0.1, 0.15) is 28.8 Å². The van der Waals surface area contributed by atoms with Gasteiger partial charge in [-0.3, -0.25) is 14.4 Å². The molecule has 0 spiro atoms. The maximum absolute atomic E-state index is 11.5. The molecule has 1 amide bonds. The number of amides is 1. The van der Waals surface area contributed by atoms with Gasteiger partial charge in [0.25, 0.3) is 5.56 Å². The van der Waals surface area contributed by atoms with E-state index < -0.39 is 5.56 Å². The second kappa shape index (κ2) is 5.98. The number of carbonyl (C=O) groups is 1. The Morgan fingerprint density at radius 1 is 1.50 bits per heavy atom. The van der Waals surface area contributed by atoms with Crippen LogP contribution in [0.3, 0.4) is 0 Å². The van der Waals surface area contributed by atoms with Gasteiger partial charge in [0.15, 0.2) is 0 Å². The quantitative estimate of drug-likeness (QED) is 0.758. The number of nitriles is 1. The van der Waals surface area contributed by atoms with Crippen LogP contribution in [0.2, 0.25) is 0 Å². The van der Waals surface area contributed by atoms with Gasteiger partial charge in [-0.05, 0) is 31.4 Å². The normalized spacial score (nSPS) is 9.89. The van der Waals surface area contributed by atoms with Gasteiger partial charge in [0.05, 0.1) is 7.11 Å². The summed E-state index contributed by atoms with van der Waals surface area (Å²) >= 11 is 0. The van der Waals surface area contributed by atoms with Crippen LogP contribution in [0, 0.1) is 25.2 Å². The molecule has 0 atom stereocenters. The number of aryl methyl sites for hydroxylation is 1. The lowest BCUT2D eigenvalue weighted by Crippen LogP contribution is -2.23. The number of nitrogens with one attached hydrogen (secondary N) is 2. The first kappa shape index (κ1) is 13.9. The summed E-state index contributed by atoms with van der Waals surface area (Å²) in [6.45, 7) is 3.46. The summed E-state index contributed by atoms with van der Waals surface area (Å²) in [6, 6.07) is 1.87. The lowest BCUT2D eigenvalue weighted by molar-refractivity contribution is -0.131. The molecule has 0 aliphatic carbocycles. The van der Waals surface area contributed by atoms with Crippen molar-refractivity contribution in [3.05, 3.63) is 32.7 Å². The number of hydrogen-bond donors (Lipinski definition) is 2. The van der Waals surface area contributed by atoms with Crippen LogP contribution in [0.5, 0.6) is 0 Å². The number of aromatic nitrogens is 1. The standard InChI is InChI=1S/C12H15N3O3/c1-7-9(4-5-11(16)15-18-3)8(2)14-12(17)10(7)6-13/h4-5H2,1-3H3,(H,14,17)(H,15,16). The minimum atomic E-state index is -0.391. The van der Waals surface area contributed by atoms with E-state index in [4.69, 9.17) is 5.26 Å². The fourth-order valence-corrected chi connectivity index (χ4v) is 1.82. The smallest absolute Gasteiger partial charge is 0.266 e. The van der Waals surface area contributed by atoms with Crippen LogP contribution >= 0.6 is 0 Å². The maximum atomic E-state index is 11.5. The van der Waals surface area contributed by atoms with Gasteiger partial charge < -0.3 is 4.98 Å². The fourth-order valence-electron chi connectivity index (χ4n) is 1.82. The number of aromatic amines is 1. The molecule has 1 aromatic rings. The van der Waals surface area contributed by atoms with Crippen LogP contribution in [-0.4, -0.2) is 18.0 Å². The predicted molar refractivity (Wildman–Crippen MR) is 64.7 cm³/mol. The van der Waals surface area contributed by atoms with Gasteiger partial charge in [-0.25, -0.2) is 5.48 Å². The number of pyridine rings is 1. The number of hydroxylamine groups is 1. The molecule has 0 aromatic carbocycles. The monoisotopic (exact) mass is 249 g/mol. The molecule has 1 aromatic heterocycles. The summed E-state index contributed by atoms with van der Waals surface area (Å²) in [7, 11) is 1.36. The van der Waals surface area contributed by atoms with E-state index in [9.17, 15) is 9.59 Å². The minimum absolute atomic E-state index is 0.0998. The molecule has 1 heterocycles. The molecule has 0 radical (unpaired) electrons. The molecule has 0 unspecified atom stereocenters. The van der Waals surface area contributed by atoms with Crippen LogP contribution in [-0.2, 0) is 16.1 Å². The SMILES string of the molecule is CONC(=O)CCc1c(C)[nH]c(=O)c(C#N)c1C. The highest BCUT2D eigenvalue weighted by molar-refractivity contribution is 5.75. The van der Waals surface area contributed by atoms with Crippen molar-refractivity contribution in [3.63, 3.8) is 0 Å². The van der Waals surface area contributed by atoms with Crippen molar-refractivity contribution in [3.8, 4) is 6.07 Å². The lowest BCUT2D eigenvalue weighted by atomic mass is 9.99. The third kappa shape index (κ3) is 2.96. The van der Waals surface area contributed by atoms with Crippen molar-refractivity contribution < 1.29 is 9.63 Å². The average Bonchev–Trinajstić information content (AvgIpc) is 2.29. The highest BCUT2D eigenvalue weighted by Gasteiger charge is 2.13. The summed E-state index contributed by atoms with van der Waals surface area (Å²) in [5, 5.41) is 8.91. The summed E-state index contributed by atoms with van der Waals surface area (Å²) < 4.78 is 0. The molecule has 2 N–H and O–H groups in total. The first-order valence-corrected chi connectivity index (χ1v) is 5.45. The van der Waals surface area contributed by atoms with E-state index in [2.05, 4.69) is 15.3 Å². The van der Waals surface area contributed by atoms with E-state index in [1.54, 1.807) is 13.8 Å². The zero-order chi connectivity index (χ0) is 13.7. The van der Waals surface area contributed by atoms with Gasteiger partial charge >= 0.3 is 0 Å². The molecule has 18 heavy (non-hydrogen) atoms. The van der Waals surface area contributed by atoms with Gasteiger partial charge in [-0.1, -0.05) is 0 Å². The molecule has 0 bridgehead atoms. The molecular formula is C12H15N3O3. The summed E-state index contributed by atoms with van der Waals surface area (Å²) in [6.07, 6.45) is 0.671. The zero-order valence-electron chi connectivity index (χ0n) is 10.6. The number of H-pyrrole nitrogens is 1. The molecular weight excluding hydrogens is 234 g/mol. The van der Waals surface area contributed by atoms with Crippen LogP contribution in [0.15, 0.2) is 4.79 Å². The Morgan fingerprint density at radius 2 is 2.17 bits per heavy atom. The molecule has 0 saturated carbocycles. The molecule has 0 fully saturated rings. The third-order valence-corrected chi connectivity index (χ3v) is 2.74. The van der Waals surface area contributed by atoms with Gasteiger partial charge in [0.1, 0.15) is 11.6 Å². The Morgan fingerprint density at radius 3 is 2.72 bits per heavy atom. The Balaban J connectivity index is 3.00. The molecule has 96 valence electrons. The first-order valence-electron chi connectivity index (χ1n) is 5.45. The van der Waals surface area contributed by atoms with Crippen molar-refractivity contribution in [2.75, 3.05) is 7.11 Å². The number of rotatable bonds is 4. The van der Waals surface area contributed by atoms with Gasteiger partial charge in [-0.15, -0.1) is 0 Å².